The molecular formula is C19H19N7OS. The van der Waals surface area contributed by atoms with Crippen LogP contribution >= 0.6 is 11.8 Å². The Bertz CT molecular complexity index is 1080. The number of thioether (sulfide) groups is 1. The van der Waals surface area contributed by atoms with Crippen LogP contribution in [0.15, 0.2) is 59.8 Å². The molecule has 0 unspecified atom stereocenters. The van der Waals surface area contributed by atoms with Gasteiger partial charge in [0.15, 0.2) is 16.8 Å². The van der Waals surface area contributed by atoms with Crippen LogP contribution in [-0.2, 0) is 7.05 Å². The molecule has 0 saturated carbocycles. The standard InChI is InChI=1S/C19H19N7OS/c1-13(17-21-23-24-26(17)15-9-5-4-6-10-15)28-19-22-20-18(25(19)2)14-8-7-11-16(12-14)27-3/h4-13H,1-3H3/t13-/m1/s1. The van der Waals surface area contributed by atoms with Crippen molar-refractivity contribution in [2.75, 3.05) is 7.11 Å². The maximum atomic E-state index is 5.30. The summed E-state index contributed by atoms with van der Waals surface area (Å²) in [4.78, 5) is 0. The normalized spacial score (nSPS) is 12.1. The maximum absolute atomic E-state index is 5.30. The molecule has 2 aromatic carbocycles. The molecule has 2 heterocycles. The number of nitrogens with zero attached hydrogens (tertiary/aromatic N) is 7. The summed E-state index contributed by atoms with van der Waals surface area (Å²) in [7, 11) is 3.60. The molecule has 0 spiro atoms. The van der Waals surface area contributed by atoms with E-state index in [0.29, 0.717) is 0 Å². The summed E-state index contributed by atoms with van der Waals surface area (Å²) in [5.41, 5.74) is 1.87. The molecule has 0 radical (unpaired) electrons. The minimum atomic E-state index is -0.0173. The average Bonchev–Trinajstić information content (AvgIpc) is 3.36. The van der Waals surface area contributed by atoms with Gasteiger partial charge in [-0.15, -0.1) is 15.3 Å². The molecule has 1 atom stereocenters. The van der Waals surface area contributed by atoms with E-state index < -0.39 is 0 Å². The van der Waals surface area contributed by atoms with Gasteiger partial charge in [-0.1, -0.05) is 42.1 Å². The Morgan fingerprint density at radius 2 is 1.82 bits per heavy atom. The van der Waals surface area contributed by atoms with Gasteiger partial charge in [0.05, 0.1) is 18.0 Å². The first-order valence-electron chi connectivity index (χ1n) is 8.71. The van der Waals surface area contributed by atoms with Crippen molar-refractivity contribution in [2.45, 2.75) is 17.3 Å². The molecule has 2 aromatic heterocycles. The van der Waals surface area contributed by atoms with E-state index in [-0.39, 0.29) is 5.25 Å². The van der Waals surface area contributed by atoms with Crippen molar-refractivity contribution < 1.29 is 4.74 Å². The SMILES string of the molecule is COc1cccc(-c2nnc(S[C@H](C)c3nnnn3-c3ccccc3)n2C)c1. The molecule has 142 valence electrons. The van der Waals surface area contributed by atoms with Gasteiger partial charge in [-0.05, 0) is 41.6 Å². The van der Waals surface area contributed by atoms with E-state index in [1.54, 1.807) is 23.6 Å². The molecule has 8 nitrogen and oxygen atoms in total. The number of ether oxygens (including phenoxy) is 1. The fourth-order valence-corrected chi connectivity index (χ4v) is 3.74. The van der Waals surface area contributed by atoms with Crippen molar-refractivity contribution in [3.8, 4) is 22.8 Å². The van der Waals surface area contributed by atoms with Crippen LogP contribution in [0.5, 0.6) is 5.75 Å². The first-order valence-corrected chi connectivity index (χ1v) is 9.59. The van der Waals surface area contributed by atoms with E-state index in [4.69, 9.17) is 4.74 Å². The molecule has 0 aliphatic rings. The monoisotopic (exact) mass is 393 g/mol. The van der Waals surface area contributed by atoms with Crippen LogP contribution in [0.1, 0.15) is 18.0 Å². The molecule has 0 aliphatic carbocycles. The summed E-state index contributed by atoms with van der Waals surface area (Å²) in [6.45, 7) is 2.05. The molecule has 0 amide bonds. The lowest BCUT2D eigenvalue weighted by molar-refractivity contribution is 0.415. The highest BCUT2D eigenvalue weighted by atomic mass is 32.2. The van der Waals surface area contributed by atoms with Crippen LogP contribution < -0.4 is 4.74 Å². The smallest absolute Gasteiger partial charge is 0.191 e. The zero-order valence-corrected chi connectivity index (χ0v) is 16.5. The van der Waals surface area contributed by atoms with Gasteiger partial charge in [0.25, 0.3) is 0 Å². The van der Waals surface area contributed by atoms with Crippen LogP contribution in [0.2, 0.25) is 0 Å². The summed E-state index contributed by atoms with van der Waals surface area (Å²) in [6, 6.07) is 17.6. The number of tetrazole rings is 1. The van der Waals surface area contributed by atoms with Crippen LogP contribution in [0, 0.1) is 0 Å². The number of methoxy groups -OCH3 is 1. The third kappa shape index (κ3) is 3.48. The van der Waals surface area contributed by atoms with Gasteiger partial charge in [0.1, 0.15) is 5.75 Å². The number of rotatable bonds is 6. The second-order valence-electron chi connectivity index (χ2n) is 6.14. The minimum absolute atomic E-state index is 0.0173. The highest BCUT2D eigenvalue weighted by Gasteiger charge is 2.21. The van der Waals surface area contributed by atoms with E-state index >= 15 is 0 Å². The number of aromatic nitrogens is 7. The fraction of sp³-hybridized carbons (Fsp3) is 0.211. The molecule has 28 heavy (non-hydrogen) atoms. The lowest BCUT2D eigenvalue weighted by Gasteiger charge is -2.11. The molecule has 0 aliphatic heterocycles. The van der Waals surface area contributed by atoms with Crippen LogP contribution in [0.25, 0.3) is 17.1 Å². The predicted octanol–water partition coefficient (Wildman–Crippen LogP) is 3.32. The quantitative estimate of drug-likeness (QED) is 0.465. The number of para-hydroxylation sites is 1. The molecule has 0 bridgehead atoms. The molecular weight excluding hydrogens is 374 g/mol. The molecule has 0 N–H and O–H groups in total. The Kier molecular flexibility index (Phi) is 5.07. The molecule has 4 rings (SSSR count). The topological polar surface area (TPSA) is 83.5 Å². The zero-order chi connectivity index (χ0) is 19.5. The van der Waals surface area contributed by atoms with E-state index in [9.17, 15) is 0 Å². The van der Waals surface area contributed by atoms with Gasteiger partial charge in [-0.3, -0.25) is 0 Å². The lowest BCUT2D eigenvalue weighted by atomic mass is 10.2. The van der Waals surface area contributed by atoms with Gasteiger partial charge in [0.2, 0.25) is 0 Å². The third-order valence-corrected chi connectivity index (χ3v) is 5.43. The fourth-order valence-electron chi connectivity index (χ4n) is 2.84. The zero-order valence-electron chi connectivity index (χ0n) is 15.7. The maximum Gasteiger partial charge on any atom is 0.191 e. The molecule has 0 saturated heterocycles. The molecule has 4 aromatic rings. The van der Waals surface area contributed by atoms with Crippen LogP contribution in [-0.4, -0.2) is 42.1 Å². The van der Waals surface area contributed by atoms with Crippen molar-refractivity contribution in [3.63, 3.8) is 0 Å². The van der Waals surface area contributed by atoms with E-state index in [1.807, 2.05) is 66.2 Å². The average molecular weight is 393 g/mol. The van der Waals surface area contributed by atoms with E-state index in [0.717, 1.165) is 33.8 Å². The molecule has 0 fully saturated rings. The Labute approximate surface area is 166 Å². The molecule has 9 heteroatoms. The van der Waals surface area contributed by atoms with Gasteiger partial charge in [-0.25, -0.2) is 0 Å². The van der Waals surface area contributed by atoms with Gasteiger partial charge in [-0.2, -0.15) is 4.68 Å². The van der Waals surface area contributed by atoms with Crippen molar-refractivity contribution in [1.82, 2.24) is 35.0 Å². The van der Waals surface area contributed by atoms with Crippen molar-refractivity contribution >= 4 is 11.8 Å². The summed E-state index contributed by atoms with van der Waals surface area (Å²) >= 11 is 1.56. The van der Waals surface area contributed by atoms with Crippen LogP contribution in [0.3, 0.4) is 0 Å². The minimum Gasteiger partial charge on any atom is -0.497 e. The van der Waals surface area contributed by atoms with Gasteiger partial charge >= 0.3 is 0 Å². The first kappa shape index (κ1) is 18.2. The number of benzene rings is 2. The van der Waals surface area contributed by atoms with Gasteiger partial charge in [0, 0.05) is 12.6 Å². The van der Waals surface area contributed by atoms with Crippen molar-refractivity contribution in [1.29, 1.82) is 0 Å². The lowest BCUT2D eigenvalue weighted by Crippen LogP contribution is -2.05. The largest absolute Gasteiger partial charge is 0.497 e. The Balaban J connectivity index is 1.59. The van der Waals surface area contributed by atoms with Crippen molar-refractivity contribution in [2.24, 2.45) is 7.05 Å². The predicted molar refractivity (Wildman–Crippen MR) is 106 cm³/mol. The summed E-state index contributed by atoms with van der Waals surface area (Å²) in [5.74, 6) is 2.31. The highest BCUT2D eigenvalue weighted by Crippen LogP contribution is 2.34. The Hall–Kier alpha value is -3.20. The van der Waals surface area contributed by atoms with E-state index in [1.165, 1.54) is 0 Å². The van der Waals surface area contributed by atoms with Gasteiger partial charge < -0.3 is 9.30 Å². The Morgan fingerprint density at radius 1 is 1.00 bits per heavy atom. The first-order chi connectivity index (χ1) is 13.7. The summed E-state index contributed by atoms with van der Waals surface area (Å²) < 4.78 is 9.02. The summed E-state index contributed by atoms with van der Waals surface area (Å²) in [6.07, 6.45) is 0. The van der Waals surface area contributed by atoms with Crippen molar-refractivity contribution in [3.05, 3.63) is 60.4 Å². The van der Waals surface area contributed by atoms with Crippen LogP contribution in [0.4, 0.5) is 0 Å². The third-order valence-electron chi connectivity index (χ3n) is 4.30. The number of hydrogen-bond donors (Lipinski definition) is 0. The summed E-state index contributed by atoms with van der Waals surface area (Å²) in [5, 5.41) is 21.7. The number of hydrogen-bond acceptors (Lipinski definition) is 7. The van der Waals surface area contributed by atoms with E-state index in [2.05, 4.69) is 32.6 Å². The second-order valence-corrected chi connectivity index (χ2v) is 7.45. The highest BCUT2D eigenvalue weighted by molar-refractivity contribution is 7.99. The Morgan fingerprint density at radius 3 is 2.61 bits per heavy atom. The second kappa shape index (κ2) is 7.81.